The Morgan fingerprint density at radius 3 is 2.85 bits per heavy atom. The molecule has 0 radical (unpaired) electrons. The van der Waals surface area contributed by atoms with Crippen LogP contribution < -0.4 is 10.1 Å². The summed E-state index contributed by atoms with van der Waals surface area (Å²) in [6, 6.07) is 5.12. The van der Waals surface area contributed by atoms with Crippen LogP contribution in [-0.4, -0.2) is 21.3 Å². The highest BCUT2D eigenvalue weighted by Crippen LogP contribution is 2.22. The lowest BCUT2D eigenvalue weighted by Crippen LogP contribution is -2.17. The monoisotopic (exact) mass is 278 g/mol. The second kappa shape index (κ2) is 6.47. The van der Waals surface area contributed by atoms with Gasteiger partial charge in [-0.2, -0.15) is 5.10 Å². The zero-order valence-corrected chi connectivity index (χ0v) is 11.9. The molecule has 1 aromatic heterocycles. The molecule has 5 nitrogen and oxygen atoms in total. The van der Waals surface area contributed by atoms with Gasteiger partial charge in [0.2, 0.25) is 0 Å². The summed E-state index contributed by atoms with van der Waals surface area (Å²) in [4.78, 5) is 4.03. The Labute approximate surface area is 117 Å². The number of aromatic nitrogens is 3. The van der Waals surface area contributed by atoms with Crippen molar-refractivity contribution in [2.45, 2.75) is 26.5 Å². The lowest BCUT2D eigenvalue weighted by Gasteiger charge is -2.14. The molecule has 2 aromatic rings. The maximum Gasteiger partial charge on any atom is 0.165 e. The molecule has 1 heterocycles. The van der Waals surface area contributed by atoms with Crippen LogP contribution in [0.15, 0.2) is 24.5 Å². The molecule has 20 heavy (non-hydrogen) atoms. The molecule has 0 fully saturated rings. The van der Waals surface area contributed by atoms with Crippen molar-refractivity contribution in [3.05, 3.63) is 41.7 Å². The molecule has 0 aliphatic carbocycles. The Hall–Kier alpha value is -1.95. The number of nitrogens with one attached hydrogen (secondary N) is 1. The van der Waals surface area contributed by atoms with Gasteiger partial charge in [0.1, 0.15) is 12.9 Å². The summed E-state index contributed by atoms with van der Waals surface area (Å²) < 4.78 is 21.0. The Morgan fingerprint density at radius 1 is 1.45 bits per heavy atom. The number of aryl methyl sites for hydroxylation is 1. The summed E-state index contributed by atoms with van der Waals surface area (Å²) in [6.07, 6.45) is 1.44. The van der Waals surface area contributed by atoms with Crippen molar-refractivity contribution in [2.24, 2.45) is 7.05 Å². The molecule has 1 aromatic carbocycles. The molecular formula is C14H19FN4O. The lowest BCUT2D eigenvalue weighted by molar-refractivity contribution is 0.275. The van der Waals surface area contributed by atoms with Crippen molar-refractivity contribution < 1.29 is 9.13 Å². The maximum atomic E-state index is 14.0. The topological polar surface area (TPSA) is 52.0 Å². The molecule has 0 bridgehead atoms. The highest BCUT2D eigenvalue weighted by molar-refractivity contribution is 5.31. The van der Waals surface area contributed by atoms with Crippen LogP contribution in [0.2, 0.25) is 0 Å². The van der Waals surface area contributed by atoms with E-state index in [1.807, 2.05) is 19.9 Å². The average Bonchev–Trinajstić information content (AvgIpc) is 2.83. The summed E-state index contributed by atoms with van der Waals surface area (Å²) in [6.45, 7) is 5.05. The molecule has 1 unspecified atom stereocenters. The van der Waals surface area contributed by atoms with Crippen molar-refractivity contribution in [2.75, 3.05) is 6.54 Å². The smallest absolute Gasteiger partial charge is 0.165 e. The highest BCUT2D eigenvalue weighted by Gasteiger charge is 2.10. The van der Waals surface area contributed by atoms with E-state index >= 15 is 0 Å². The number of ether oxygens (including phenoxy) is 1. The first-order valence-electron chi connectivity index (χ1n) is 6.60. The zero-order valence-electron chi connectivity index (χ0n) is 11.9. The van der Waals surface area contributed by atoms with Crippen LogP contribution >= 0.6 is 0 Å². The predicted octanol–water partition coefficient (Wildman–Crippen LogP) is 2.20. The van der Waals surface area contributed by atoms with Gasteiger partial charge in [-0.1, -0.05) is 13.0 Å². The van der Waals surface area contributed by atoms with Crippen LogP contribution in [0.4, 0.5) is 4.39 Å². The molecule has 108 valence electrons. The fourth-order valence-electron chi connectivity index (χ4n) is 1.92. The Morgan fingerprint density at radius 2 is 2.25 bits per heavy atom. The SMILES string of the molecule is CCNC(C)c1ccc(OCc2ncnn2C)c(F)c1. The molecule has 1 N–H and O–H groups in total. The Kier molecular flexibility index (Phi) is 4.68. The highest BCUT2D eigenvalue weighted by atomic mass is 19.1. The second-order valence-corrected chi connectivity index (χ2v) is 4.56. The normalized spacial score (nSPS) is 12.4. The minimum absolute atomic E-state index is 0.113. The fraction of sp³-hybridized carbons (Fsp3) is 0.429. The van der Waals surface area contributed by atoms with E-state index in [2.05, 4.69) is 15.4 Å². The predicted molar refractivity (Wildman–Crippen MR) is 73.8 cm³/mol. The van der Waals surface area contributed by atoms with E-state index in [1.54, 1.807) is 17.8 Å². The van der Waals surface area contributed by atoms with E-state index in [-0.39, 0.29) is 24.2 Å². The molecule has 2 rings (SSSR count). The molecular weight excluding hydrogens is 259 g/mol. The summed E-state index contributed by atoms with van der Waals surface area (Å²) in [5.74, 6) is 0.504. The molecule has 0 aliphatic rings. The number of benzene rings is 1. The Bertz CT molecular complexity index is 570. The molecule has 0 spiro atoms. The van der Waals surface area contributed by atoms with E-state index in [0.29, 0.717) is 5.82 Å². The molecule has 0 amide bonds. The third-order valence-corrected chi connectivity index (χ3v) is 3.13. The van der Waals surface area contributed by atoms with Gasteiger partial charge in [-0.25, -0.2) is 9.37 Å². The quantitative estimate of drug-likeness (QED) is 0.880. The maximum absolute atomic E-state index is 14.0. The van der Waals surface area contributed by atoms with Crippen molar-refractivity contribution in [3.8, 4) is 5.75 Å². The van der Waals surface area contributed by atoms with Crippen LogP contribution in [0.5, 0.6) is 5.75 Å². The van der Waals surface area contributed by atoms with E-state index in [9.17, 15) is 4.39 Å². The van der Waals surface area contributed by atoms with Crippen molar-refractivity contribution in [1.29, 1.82) is 0 Å². The van der Waals surface area contributed by atoms with Crippen LogP contribution in [0.3, 0.4) is 0 Å². The number of halogens is 1. The van der Waals surface area contributed by atoms with Crippen LogP contribution in [0, 0.1) is 5.82 Å². The number of hydrogen-bond donors (Lipinski definition) is 1. The first kappa shape index (κ1) is 14.5. The lowest BCUT2D eigenvalue weighted by atomic mass is 10.1. The van der Waals surface area contributed by atoms with E-state index in [0.717, 1.165) is 12.1 Å². The summed E-state index contributed by atoms with van der Waals surface area (Å²) in [5, 5.41) is 7.17. The Balaban J connectivity index is 2.04. The van der Waals surface area contributed by atoms with E-state index in [4.69, 9.17) is 4.74 Å². The molecule has 0 saturated heterocycles. The van der Waals surface area contributed by atoms with Crippen LogP contribution in [-0.2, 0) is 13.7 Å². The number of nitrogens with zero attached hydrogens (tertiary/aromatic N) is 3. The van der Waals surface area contributed by atoms with Gasteiger partial charge in [0.25, 0.3) is 0 Å². The van der Waals surface area contributed by atoms with Gasteiger partial charge in [-0.15, -0.1) is 0 Å². The third-order valence-electron chi connectivity index (χ3n) is 3.13. The summed E-state index contributed by atoms with van der Waals surface area (Å²) in [5.41, 5.74) is 0.898. The van der Waals surface area contributed by atoms with Gasteiger partial charge in [0.15, 0.2) is 17.4 Å². The fourth-order valence-corrected chi connectivity index (χ4v) is 1.92. The second-order valence-electron chi connectivity index (χ2n) is 4.56. The van der Waals surface area contributed by atoms with Crippen LogP contribution in [0.1, 0.15) is 31.3 Å². The zero-order chi connectivity index (χ0) is 14.5. The molecule has 0 saturated carbocycles. The standard InChI is InChI=1S/C14H19FN4O/c1-4-16-10(2)11-5-6-13(12(15)7-11)20-8-14-17-9-18-19(14)3/h5-7,9-10,16H,4,8H2,1-3H3. The van der Waals surface area contributed by atoms with Gasteiger partial charge in [-0.3, -0.25) is 4.68 Å². The van der Waals surface area contributed by atoms with Gasteiger partial charge in [0, 0.05) is 13.1 Å². The van der Waals surface area contributed by atoms with E-state index < -0.39 is 0 Å². The number of rotatable bonds is 6. The van der Waals surface area contributed by atoms with Crippen molar-refractivity contribution in [1.82, 2.24) is 20.1 Å². The largest absolute Gasteiger partial charge is 0.483 e. The number of hydrogen-bond acceptors (Lipinski definition) is 4. The minimum Gasteiger partial charge on any atom is -0.483 e. The summed E-state index contributed by atoms with van der Waals surface area (Å²) >= 11 is 0. The molecule has 1 atom stereocenters. The summed E-state index contributed by atoms with van der Waals surface area (Å²) in [7, 11) is 1.77. The molecule has 0 aliphatic heterocycles. The van der Waals surface area contributed by atoms with Crippen LogP contribution in [0.25, 0.3) is 0 Å². The first-order chi connectivity index (χ1) is 9.61. The molecule has 6 heteroatoms. The minimum atomic E-state index is -0.366. The average molecular weight is 278 g/mol. The first-order valence-corrected chi connectivity index (χ1v) is 6.60. The van der Waals surface area contributed by atoms with E-state index in [1.165, 1.54) is 12.4 Å². The third kappa shape index (κ3) is 3.33. The van der Waals surface area contributed by atoms with Crippen molar-refractivity contribution >= 4 is 0 Å². The van der Waals surface area contributed by atoms with Crippen molar-refractivity contribution in [3.63, 3.8) is 0 Å². The van der Waals surface area contributed by atoms with Gasteiger partial charge in [-0.05, 0) is 31.2 Å². The van der Waals surface area contributed by atoms with Gasteiger partial charge < -0.3 is 10.1 Å². The van der Waals surface area contributed by atoms with Gasteiger partial charge in [0.05, 0.1) is 0 Å². The van der Waals surface area contributed by atoms with Gasteiger partial charge >= 0.3 is 0 Å².